The maximum Gasteiger partial charge on any atom is 0.189 e. The Balaban J connectivity index is 2.17. The summed E-state index contributed by atoms with van der Waals surface area (Å²) in [5.74, 6) is -0.390. The van der Waals surface area contributed by atoms with Crippen molar-refractivity contribution in [2.24, 2.45) is 0 Å². The van der Waals surface area contributed by atoms with E-state index in [2.05, 4.69) is 0 Å². The number of sulfone groups is 1. The average Bonchev–Trinajstić information content (AvgIpc) is 2.58. The monoisotopic (exact) mass is 340 g/mol. The van der Waals surface area contributed by atoms with E-state index in [0.29, 0.717) is 11.1 Å². The van der Waals surface area contributed by atoms with Gasteiger partial charge in [-0.15, -0.1) is 0 Å². The molecule has 122 valence electrons. The fourth-order valence-corrected chi connectivity index (χ4v) is 4.50. The van der Waals surface area contributed by atoms with Gasteiger partial charge >= 0.3 is 0 Å². The maximum atomic E-state index is 13.3. The highest BCUT2D eigenvalue weighted by atomic mass is 32.2. The van der Waals surface area contributed by atoms with Gasteiger partial charge in [0.15, 0.2) is 9.84 Å². The lowest BCUT2D eigenvalue weighted by Crippen LogP contribution is -2.15. The van der Waals surface area contributed by atoms with Gasteiger partial charge in [-0.25, -0.2) is 12.8 Å². The predicted octanol–water partition coefficient (Wildman–Crippen LogP) is 4.70. The summed E-state index contributed by atoms with van der Waals surface area (Å²) < 4.78 is 39.7. The molecule has 0 amide bonds. The molecule has 3 aromatic carbocycles. The van der Waals surface area contributed by atoms with Crippen LogP contribution in [0.2, 0.25) is 0 Å². The Labute approximate surface area is 141 Å². The minimum absolute atomic E-state index is 0.256. The highest BCUT2D eigenvalue weighted by molar-refractivity contribution is 7.91. The molecule has 0 heterocycles. The molecule has 4 heteroatoms. The van der Waals surface area contributed by atoms with Crippen molar-refractivity contribution in [1.82, 2.24) is 0 Å². The Kier molecular flexibility index (Phi) is 4.49. The van der Waals surface area contributed by atoms with E-state index in [0.717, 1.165) is 5.56 Å². The van der Waals surface area contributed by atoms with E-state index in [1.807, 2.05) is 13.0 Å². The second kappa shape index (κ2) is 6.57. The minimum atomic E-state index is -3.66. The van der Waals surface area contributed by atoms with Crippen LogP contribution in [0, 0.1) is 12.7 Å². The summed E-state index contributed by atoms with van der Waals surface area (Å²) in [5, 5.41) is -0.873. The topological polar surface area (TPSA) is 34.1 Å². The molecule has 0 aliphatic rings. The molecule has 0 bridgehead atoms. The quantitative estimate of drug-likeness (QED) is 0.690. The third kappa shape index (κ3) is 3.24. The first-order chi connectivity index (χ1) is 11.5. The van der Waals surface area contributed by atoms with Crippen LogP contribution in [0.25, 0.3) is 0 Å². The lowest BCUT2D eigenvalue weighted by atomic mass is 10.0. The summed E-state index contributed by atoms with van der Waals surface area (Å²) in [5.41, 5.74) is 2.19. The molecule has 0 saturated heterocycles. The Bertz CT molecular complexity index is 916. The van der Waals surface area contributed by atoms with Gasteiger partial charge in [-0.05, 0) is 42.3 Å². The maximum absolute atomic E-state index is 13.3. The number of hydrogen-bond donors (Lipinski definition) is 0. The number of aryl methyl sites for hydroxylation is 1. The summed E-state index contributed by atoms with van der Waals surface area (Å²) in [6, 6.07) is 21.4. The second-order valence-electron chi connectivity index (χ2n) is 5.70. The van der Waals surface area contributed by atoms with Gasteiger partial charge in [-0.3, -0.25) is 0 Å². The molecule has 1 unspecified atom stereocenters. The molecule has 0 spiro atoms. The molecule has 0 aliphatic heterocycles. The summed E-state index contributed by atoms with van der Waals surface area (Å²) >= 11 is 0. The Hall–Kier alpha value is -2.46. The first-order valence-corrected chi connectivity index (χ1v) is 9.14. The lowest BCUT2D eigenvalue weighted by molar-refractivity contribution is 0.588. The molecule has 0 fully saturated rings. The van der Waals surface area contributed by atoms with Crippen molar-refractivity contribution in [3.63, 3.8) is 0 Å². The van der Waals surface area contributed by atoms with E-state index in [4.69, 9.17) is 0 Å². The molecular weight excluding hydrogens is 323 g/mol. The zero-order chi connectivity index (χ0) is 17.2. The van der Waals surface area contributed by atoms with Gasteiger partial charge in [0.05, 0.1) is 4.90 Å². The van der Waals surface area contributed by atoms with Gasteiger partial charge in [0.1, 0.15) is 11.1 Å². The van der Waals surface area contributed by atoms with Gasteiger partial charge in [0.2, 0.25) is 0 Å². The number of hydrogen-bond acceptors (Lipinski definition) is 2. The van der Waals surface area contributed by atoms with Crippen LogP contribution in [-0.4, -0.2) is 8.42 Å². The Morgan fingerprint density at radius 3 is 1.88 bits per heavy atom. The predicted molar refractivity (Wildman–Crippen MR) is 93.0 cm³/mol. The highest BCUT2D eigenvalue weighted by Crippen LogP contribution is 2.35. The van der Waals surface area contributed by atoms with E-state index >= 15 is 0 Å². The van der Waals surface area contributed by atoms with Gasteiger partial charge in [-0.2, -0.15) is 0 Å². The van der Waals surface area contributed by atoms with Gasteiger partial charge in [0.25, 0.3) is 0 Å². The Morgan fingerprint density at radius 2 is 1.29 bits per heavy atom. The van der Waals surface area contributed by atoms with Crippen molar-refractivity contribution >= 4 is 9.84 Å². The molecule has 0 aromatic heterocycles. The molecule has 3 aromatic rings. The van der Waals surface area contributed by atoms with E-state index in [1.165, 1.54) is 24.3 Å². The smallest absolute Gasteiger partial charge is 0.189 e. The van der Waals surface area contributed by atoms with Crippen LogP contribution < -0.4 is 0 Å². The van der Waals surface area contributed by atoms with E-state index in [-0.39, 0.29) is 4.90 Å². The molecule has 2 nitrogen and oxygen atoms in total. The number of benzene rings is 3. The van der Waals surface area contributed by atoms with Crippen LogP contribution in [0.3, 0.4) is 0 Å². The second-order valence-corrected chi connectivity index (χ2v) is 7.73. The van der Waals surface area contributed by atoms with E-state index in [1.54, 1.807) is 48.5 Å². The van der Waals surface area contributed by atoms with Crippen LogP contribution in [0.1, 0.15) is 21.9 Å². The summed E-state index contributed by atoms with van der Waals surface area (Å²) in [6.07, 6.45) is 0. The SMILES string of the molecule is Cc1ccc(S(=O)(=O)C(c2ccccc2)c2ccc(F)cc2)cc1. The van der Waals surface area contributed by atoms with Crippen LogP contribution in [0.5, 0.6) is 0 Å². The van der Waals surface area contributed by atoms with Crippen LogP contribution in [0.15, 0.2) is 83.8 Å². The third-order valence-corrected chi connectivity index (χ3v) is 6.03. The van der Waals surface area contributed by atoms with E-state index in [9.17, 15) is 12.8 Å². The van der Waals surface area contributed by atoms with Crippen molar-refractivity contribution in [3.05, 3.63) is 101 Å². The van der Waals surface area contributed by atoms with Crippen molar-refractivity contribution in [2.75, 3.05) is 0 Å². The van der Waals surface area contributed by atoms with Crippen LogP contribution in [0.4, 0.5) is 4.39 Å². The zero-order valence-corrected chi connectivity index (χ0v) is 14.0. The van der Waals surface area contributed by atoms with Crippen molar-refractivity contribution < 1.29 is 12.8 Å². The molecule has 0 saturated carbocycles. The highest BCUT2D eigenvalue weighted by Gasteiger charge is 2.30. The minimum Gasteiger partial charge on any atom is -0.223 e. The zero-order valence-electron chi connectivity index (χ0n) is 13.2. The fraction of sp³-hybridized carbons (Fsp3) is 0.100. The van der Waals surface area contributed by atoms with E-state index < -0.39 is 20.9 Å². The van der Waals surface area contributed by atoms with Crippen molar-refractivity contribution in [2.45, 2.75) is 17.1 Å². The Morgan fingerprint density at radius 1 is 0.750 bits per heavy atom. The molecule has 24 heavy (non-hydrogen) atoms. The number of rotatable bonds is 4. The van der Waals surface area contributed by atoms with Crippen LogP contribution >= 0.6 is 0 Å². The molecule has 0 aliphatic carbocycles. The number of halogens is 1. The first-order valence-electron chi connectivity index (χ1n) is 7.59. The standard InChI is InChI=1S/C20H17FO2S/c1-15-7-13-19(14-8-15)24(22,23)20(16-5-3-2-4-6-16)17-9-11-18(21)12-10-17/h2-14,20H,1H3. The molecule has 1 atom stereocenters. The van der Waals surface area contributed by atoms with Gasteiger partial charge in [-0.1, -0.05) is 60.2 Å². The first kappa shape index (κ1) is 16.4. The summed E-state index contributed by atoms with van der Waals surface area (Å²) in [4.78, 5) is 0.256. The van der Waals surface area contributed by atoms with Gasteiger partial charge < -0.3 is 0 Å². The van der Waals surface area contributed by atoms with Gasteiger partial charge in [0, 0.05) is 0 Å². The lowest BCUT2D eigenvalue weighted by Gasteiger charge is -2.19. The summed E-state index contributed by atoms with van der Waals surface area (Å²) in [7, 11) is -3.66. The molecule has 0 N–H and O–H groups in total. The van der Waals surface area contributed by atoms with Crippen molar-refractivity contribution in [1.29, 1.82) is 0 Å². The largest absolute Gasteiger partial charge is 0.223 e. The molecule has 0 radical (unpaired) electrons. The van der Waals surface area contributed by atoms with Crippen LogP contribution in [-0.2, 0) is 9.84 Å². The molecule has 3 rings (SSSR count). The summed E-state index contributed by atoms with van der Waals surface area (Å²) in [6.45, 7) is 1.91. The molecular formula is C20H17FO2S. The fourth-order valence-electron chi connectivity index (χ4n) is 2.68. The average molecular weight is 340 g/mol. The normalized spacial score (nSPS) is 12.8. The third-order valence-electron chi connectivity index (χ3n) is 3.93. The van der Waals surface area contributed by atoms with Crippen molar-refractivity contribution in [3.8, 4) is 0 Å².